The zero-order valence-corrected chi connectivity index (χ0v) is 10.8. The zero-order valence-electron chi connectivity index (χ0n) is 10.1. The minimum Gasteiger partial charge on any atom is -0.391 e. The quantitative estimate of drug-likeness (QED) is 0.912. The minimum absolute atomic E-state index is 0.133. The molecule has 0 aromatic carbocycles. The van der Waals surface area contributed by atoms with Crippen molar-refractivity contribution >= 4 is 11.6 Å². The molecular formula is C11H15ClN4O. The van der Waals surface area contributed by atoms with Gasteiger partial charge in [0, 0.05) is 24.8 Å². The molecule has 17 heavy (non-hydrogen) atoms. The standard InChI is InChI=1S/C11H15ClN4O/c1-7(2)16-11(12)8(6-17)10(14-16)9-4-5-13-15(9)3/h4-5,7,17H,6H2,1-3H3. The third kappa shape index (κ3) is 1.96. The molecule has 0 spiro atoms. The molecule has 0 aliphatic rings. The molecule has 0 bridgehead atoms. The lowest BCUT2D eigenvalue weighted by Crippen LogP contribution is -2.03. The summed E-state index contributed by atoms with van der Waals surface area (Å²) in [5, 5.41) is 18.4. The SMILES string of the molecule is CC(C)n1nc(-c2ccnn2C)c(CO)c1Cl. The highest BCUT2D eigenvalue weighted by Crippen LogP contribution is 2.30. The summed E-state index contributed by atoms with van der Waals surface area (Å²) in [5.41, 5.74) is 2.17. The summed E-state index contributed by atoms with van der Waals surface area (Å²) in [5.74, 6) is 0. The Bertz CT molecular complexity index is 530. The molecular weight excluding hydrogens is 240 g/mol. The van der Waals surface area contributed by atoms with Gasteiger partial charge in [-0.2, -0.15) is 10.2 Å². The lowest BCUT2D eigenvalue weighted by molar-refractivity contribution is 0.282. The van der Waals surface area contributed by atoms with Crippen molar-refractivity contribution in [2.45, 2.75) is 26.5 Å². The second-order valence-corrected chi connectivity index (χ2v) is 4.51. The first-order chi connectivity index (χ1) is 8.06. The predicted molar refractivity (Wildman–Crippen MR) is 65.7 cm³/mol. The van der Waals surface area contributed by atoms with Crippen LogP contribution in [0.5, 0.6) is 0 Å². The first-order valence-electron chi connectivity index (χ1n) is 5.42. The van der Waals surface area contributed by atoms with E-state index in [-0.39, 0.29) is 12.6 Å². The Kier molecular flexibility index (Phi) is 3.22. The Morgan fingerprint density at radius 1 is 1.47 bits per heavy atom. The highest BCUT2D eigenvalue weighted by Gasteiger charge is 2.20. The molecule has 6 heteroatoms. The van der Waals surface area contributed by atoms with E-state index in [1.165, 1.54) is 0 Å². The Balaban J connectivity index is 2.62. The summed E-state index contributed by atoms with van der Waals surface area (Å²) in [6.07, 6.45) is 1.69. The maximum absolute atomic E-state index is 9.42. The average molecular weight is 255 g/mol. The van der Waals surface area contributed by atoms with Crippen molar-refractivity contribution in [3.05, 3.63) is 23.0 Å². The number of nitrogens with zero attached hydrogens (tertiary/aromatic N) is 4. The predicted octanol–water partition coefficient (Wildman–Crippen LogP) is 2.01. The van der Waals surface area contributed by atoms with Gasteiger partial charge < -0.3 is 5.11 Å². The molecule has 5 nitrogen and oxygen atoms in total. The number of aliphatic hydroxyl groups excluding tert-OH is 1. The summed E-state index contributed by atoms with van der Waals surface area (Å²) in [4.78, 5) is 0. The van der Waals surface area contributed by atoms with Gasteiger partial charge in [0.05, 0.1) is 12.3 Å². The second kappa shape index (κ2) is 4.50. The molecule has 2 heterocycles. The van der Waals surface area contributed by atoms with Gasteiger partial charge in [-0.15, -0.1) is 0 Å². The molecule has 0 radical (unpaired) electrons. The second-order valence-electron chi connectivity index (χ2n) is 4.15. The molecule has 0 unspecified atom stereocenters. The van der Waals surface area contributed by atoms with Crippen LogP contribution in [-0.4, -0.2) is 24.7 Å². The van der Waals surface area contributed by atoms with E-state index in [0.717, 1.165) is 5.69 Å². The van der Waals surface area contributed by atoms with Crippen molar-refractivity contribution in [1.82, 2.24) is 19.6 Å². The van der Waals surface area contributed by atoms with Crippen molar-refractivity contribution in [2.75, 3.05) is 0 Å². The molecule has 0 atom stereocenters. The van der Waals surface area contributed by atoms with E-state index in [1.807, 2.05) is 27.0 Å². The highest BCUT2D eigenvalue weighted by molar-refractivity contribution is 6.30. The number of halogens is 1. The van der Waals surface area contributed by atoms with Crippen molar-refractivity contribution in [2.24, 2.45) is 7.05 Å². The van der Waals surface area contributed by atoms with Crippen LogP contribution in [0.25, 0.3) is 11.4 Å². The average Bonchev–Trinajstić information content (AvgIpc) is 2.81. The maximum atomic E-state index is 9.42. The summed E-state index contributed by atoms with van der Waals surface area (Å²) >= 11 is 6.20. The molecule has 92 valence electrons. The fraction of sp³-hybridized carbons (Fsp3) is 0.455. The van der Waals surface area contributed by atoms with Gasteiger partial charge in [-0.25, -0.2) is 0 Å². The molecule has 0 aliphatic carbocycles. The topological polar surface area (TPSA) is 55.9 Å². The van der Waals surface area contributed by atoms with Crippen LogP contribution >= 0.6 is 11.6 Å². The Hall–Kier alpha value is -1.33. The number of aromatic nitrogens is 4. The van der Waals surface area contributed by atoms with Crippen LogP contribution in [0.1, 0.15) is 25.5 Å². The lowest BCUT2D eigenvalue weighted by Gasteiger charge is -2.05. The largest absolute Gasteiger partial charge is 0.391 e. The first-order valence-corrected chi connectivity index (χ1v) is 5.80. The van der Waals surface area contributed by atoms with Crippen LogP contribution in [0.15, 0.2) is 12.3 Å². The first kappa shape index (κ1) is 12.1. The molecule has 0 fully saturated rings. The molecule has 1 N–H and O–H groups in total. The van der Waals surface area contributed by atoms with Crippen LogP contribution in [-0.2, 0) is 13.7 Å². The Morgan fingerprint density at radius 2 is 2.18 bits per heavy atom. The van der Waals surface area contributed by atoms with E-state index in [0.29, 0.717) is 16.4 Å². The van der Waals surface area contributed by atoms with Crippen molar-refractivity contribution in [1.29, 1.82) is 0 Å². The molecule has 2 aromatic heterocycles. The molecule has 0 saturated carbocycles. The smallest absolute Gasteiger partial charge is 0.133 e. The fourth-order valence-electron chi connectivity index (χ4n) is 1.74. The molecule has 2 rings (SSSR count). The van der Waals surface area contributed by atoms with E-state index >= 15 is 0 Å². The Morgan fingerprint density at radius 3 is 2.65 bits per heavy atom. The van der Waals surface area contributed by atoms with E-state index in [4.69, 9.17) is 11.6 Å². The number of hydrogen-bond donors (Lipinski definition) is 1. The molecule has 0 aliphatic heterocycles. The monoisotopic (exact) mass is 254 g/mol. The van der Waals surface area contributed by atoms with E-state index in [2.05, 4.69) is 10.2 Å². The van der Waals surface area contributed by atoms with Crippen molar-refractivity contribution < 1.29 is 5.11 Å². The third-order valence-corrected chi connectivity index (χ3v) is 3.06. The minimum atomic E-state index is -0.133. The van der Waals surface area contributed by atoms with Crippen LogP contribution in [0.4, 0.5) is 0 Å². The Labute approximate surface area is 105 Å². The van der Waals surface area contributed by atoms with Gasteiger partial charge in [0.25, 0.3) is 0 Å². The zero-order chi connectivity index (χ0) is 12.6. The van der Waals surface area contributed by atoms with Crippen LogP contribution in [0.2, 0.25) is 5.15 Å². The van der Waals surface area contributed by atoms with Gasteiger partial charge in [0.1, 0.15) is 10.8 Å². The summed E-state index contributed by atoms with van der Waals surface area (Å²) in [7, 11) is 1.83. The number of aliphatic hydroxyl groups is 1. The van der Waals surface area contributed by atoms with Gasteiger partial charge in [0.15, 0.2) is 0 Å². The van der Waals surface area contributed by atoms with E-state index < -0.39 is 0 Å². The summed E-state index contributed by atoms with van der Waals surface area (Å²) < 4.78 is 3.41. The number of aryl methyl sites for hydroxylation is 1. The molecule has 0 amide bonds. The van der Waals surface area contributed by atoms with Crippen molar-refractivity contribution in [3.8, 4) is 11.4 Å². The fourth-order valence-corrected chi connectivity index (χ4v) is 2.12. The molecule has 2 aromatic rings. The van der Waals surface area contributed by atoms with Gasteiger partial charge in [-0.3, -0.25) is 9.36 Å². The van der Waals surface area contributed by atoms with Gasteiger partial charge in [-0.1, -0.05) is 11.6 Å². The van der Waals surface area contributed by atoms with Crippen molar-refractivity contribution in [3.63, 3.8) is 0 Å². The number of hydrogen-bond acceptors (Lipinski definition) is 3. The highest BCUT2D eigenvalue weighted by atomic mass is 35.5. The maximum Gasteiger partial charge on any atom is 0.133 e. The lowest BCUT2D eigenvalue weighted by atomic mass is 10.2. The normalized spacial score (nSPS) is 11.4. The summed E-state index contributed by atoms with van der Waals surface area (Å²) in [6, 6.07) is 2.00. The van der Waals surface area contributed by atoms with Crippen LogP contribution in [0.3, 0.4) is 0 Å². The summed E-state index contributed by atoms with van der Waals surface area (Å²) in [6.45, 7) is 3.85. The third-order valence-electron chi connectivity index (χ3n) is 2.65. The van der Waals surface area contributed by atoms with Crippen LogP contribution < -0.4 is 0 Å². The number of rotatable bonds is 3. The van der Waals surface area contributed by atoms with Gasteiger partial charge in [0.2, 0.25) is 0 Å². The molecule has 0 saturated heterocycles. The van der Waals surface area contributed by atoms with Crippen LogP contribution in [0, 0.1) is 0 Å². The van der Waals surface area contributed by atoms with E-state index in [1.54, 1.807) is 15.6 Å². The van der Waals surface area contributed by atoms with Gasteiger partial charge >= 0.3 is 0 Å². The van der Waals surface area contributed by atoms with E-state index in [9.17, 15) is 5.11 Å². The van der Waals surface area contributed by atoms with Gasteiger partial charge in [-0.05, 0) is 19.9 Å².